The van der Waals surface area contributed by atoms with Crippen molar-refractivity contribution in [3.63, 3.8) is 0 Å². The van der Waals surface area contributed by atoms with Crippen molar-refractivity contribution in [1.29, 1.82) is 0 Å². The first kappa shape index (κ1) is 19.9. The number of H-pyrrole nitrogens is 1. The lowest BCUT2D eigenvalue weighted by Gasteiger charge is -2.11. The average molecular weight is 428 g/mol. The van der Waals surface area contributed by atoms with Gasteiger partial charge in [0.2, 0.25) is 5.88 Å². The number of anilines is 1. The molecule has 30 heavy (non-hydrogen) atoms. The number of aromatic nitrogens is 4. The second kappa shape index (κ2) is 8.54. The number of aromatic amines is 1. The molecule has 0 aliphatic rings. The molecule has 0 bridgehead atoms. The van der Waals surface area contributed by atoms with E-state index in [-0.39, 0.29) is 0 Å². The van der Waals surface area contributed by atoms with E-state index in [0.717, 1.165) is 28.4 Å². The third-order valence-corrected chi connectivity index (χ3v) is 5.01. The summed E-state index contributed by atoms with van der Waals surface area (Å²) in [7, 11) is 3.10. The van der Waals surface area contributed by atoms with Gasteiger partial charge in [-0.1, -0.05) is 17.7 Å². The smallest absolute Gasteiger partial charge is 0.218 e. The topological polar surface area (TPSA) is 85.0 Å². The fourth-order valence-corrected chi connectivity index (χ4v) is 3.38. The molecule has 4 aromatic rings. The van der Waals surface area contributed by atoms with Crippen molar-refractivity contribution >= 4 is 28.5 Å². The van der Waals surface area contributed by atoms with Gasteiger partial charge in [-0.2, -0.15) is 0 Å². The van der Waals surface area contributed by atoms with E-state index in [4.69, 9.17) is 21.1 Å². The molecule has 4 aromatic heterocycles. The van der Waals surface area contributed by atoms with E-state index in [1.54, 1.807) is 13.3 Å². The number of nitrogens with zero attached hydrogens (tertiary/aromatic N) is 3. The van der Waals surface area contributed by atoms with E-state index >= 15 is 0 Å². The van der Waals surface area contributed by atoms with Gasteiger partial charge in [0.05, 0.1) is 26.6 Å². The third-order valence-electron chi connectivity index (χ3n) is 4.68. The van der Waals surface area contributed by atoms with Crippen LogP contribution in [0.4, 0.5) is 10.2 Å². The number of rotatable bonds is 7. The zero-order chi connectivity index (χ0) is 21.1. The zero-order valence-electron chi connectivity index (χ0n) is 16.4. The number of hydrogen-bond donors (Lipinski definition) is 2. The fourth-order valence-electron chi connectivity index (χ4n) is 3.16. The Hall–Kier alpha value is -3.39. The number of methoxy groups -OCH3 is 2. The molecular formula is C21H19ClFN5O2. The lowest BCUT2D eigenvalue weighted by atomic mass is 10.1. The van der Waals surface area contributed by atoms with Crippen molar-refractivity contribution in [3.05, 3.63) is 70.5 Å². The fraction of sp³-hybridized carbons (Fsp3) is 0.190. The standard InChI is InChI=1S/C21H19ClFN5O2/c1-29-16-7-17-13(8-25-20(17)26-11-16)5-12-3-4-18(28-19(12)22)24-9-14-6-15(23)10-27-21(14)30-2/h3-4,6-8,10-11H,5,9H2,1-2H3,(H,24,28)(H,25,26). The van der Waals surface area contributed by atoms with Crippen LogP contribution in [0, 0.1) is 5.82 Å². The van der Waals surface area contributed by atoms with Crippen LogP contribution in [-0.2, 0) is 13.0 Å². The van der Waals surface area contributed by atoms with Crippen LogP contribution in [0.15, 0.2) is 42.9 Å². The van der Waals surface area contributed by atoms with Gasteiger partial charge in [-0.15, -0.1) is 0 Å². The van der Waals surface area contributed by atoms with Gasteiger partial charge < -0.3 is 19.8 Å². The second-order valence-corrected chi connectivity index (χ2v) is 6.94. The highest BCUT2D eigenvalue weighted by Gasteiger charge is 2.12. The molecule has 0 fully saturated rings. The summed E-state index contributed by atoms with van der Waals surface area (Å²) in [6.45, 7) is 0.296. The predicted molar refractivity (Wildman–Crippen MR) is 113 cm³/mol. The molecule has 0 aliphatic heterocycles. The Bertz CT molecular complexity index is 1200. The van der Waals surface area contributed by atoms with E-state index in [9.17, 15) is 4.39 Å². The first-order chi connectivity index (χ1) is 14.6. The number of fused-ring (bicyclic) bond motifs is 1. The van der Waals surface area contributed by atoms with Gasteiger partial charge in [-0.25, -0.2) is 19.3 Å². The molecule has 4 heterocycles. The molecule has 0 spiro atoms. The molecule has 0 amide bonds. The van der Waals surface area contributed by atoms with Gasteiger partial charge in [0.1, 0.15) is 28.2 Å². The van der Waals surface area contributed by atoms with Crippen molar-refractivity contribution in [2.24, 2.45) is 0 Å². The molecular weight excluding hydrogens is 409 g/mol. The Morgan fingerprint density at radius 2 is 1.93 bits per heavy atom. The molecule has 0 saturated heterocycles. The van der Waals surface area contributed by atoms with Crippen LogP contribution >= 0.6 is 11.6 Å². The number of ether oxygens (including phenoxy) is 2. The van der Waals surface area contributed by atoms with Gasteiger partial charge >= 0.3 is 0 Å². The summed E-state index contributed by atoms with van der Waals surface area (Å²) < 4.78 is 23.9. The van der Waals surface area contributed by atoms with Crippen molar-refractivity contribution in [1.82, 2.24) is 19.9 Å². The van der Waals surface area contributed by atoms with E-state index in [0.29, 0.717) is 41.1 Å². The zero-order valence-corrected chi connectivity index (χ0v) is 17.1. The summed E-state index contributed by atoms with van der Waals surface area (Å²) in [6.07, 6.45) is 5.27. The van der Waals surface area contributed by atoms with Crippen LogP contribution in [0.2, 0.25) is 5.15 Å². The van der Waals surface area contributed by atoms with Crippen molar-refractivity contribution in [3.8, 4) is 11.6 Å². The monoisotopic (exact) mass is 427 g/mol. The highest BCUT2D eigenvalue weighted by atomic mass is 35.5. The summed E-state index contributed by atoms with van der Waals surface area (Å²) in [5.74, 6) is 1.18. The van der Waals surface area contributed by atoms with E-state index in [1.807, 2.05) is 24.4 Å². The van der Waals surface area contributed by atoms with E-state index in [2.05, 4.69) is 25.3 Å². The minimum atomic E-state index is -0.432. The summed E-state index contributed by atoms with van der Waals surface area (Å²) >= 11 is 6.42. The van der Waals surface area contributed by atoms with Crippen molar-refractivity contribution < 1.29 is 13.9 Å². The highest BCUT2D eigenvalue weighted by Crippen LogP contribution is 2.26. The molecule has 0 saturated carbocycles. The van der Waals surface area contributed by atoms with E-state index in [1.165, 1.54) is 13.2 Å². The van der Waals surface area contributed by atoms with Crippen LogP contribution < -0.4 is 14.8 Å². The molecule has 0 aliphatic carbocycles. The molecule has 2 N–H and O–H groups in total. The summed E-state index contributed by atoms with van der Waals surface area (Å²) in [6, 6.07) is 7.04. The van der Waals surface area contributed by atoms with Crippen molar-refractivity contribution in [2.75, 3.05) is 19.5 Å². The van der Waals surface area contributed by atoms with Crippen LogP contribution in [0.5, 0.6) is 11.6 Å². The van der Waals surface area contributed by atoms with Gasteiger partial charge in [-0.05, 0) is 29.3 Å². The molecule has 9 heteroatoms. The second-order valence-electron chi connectivity index (χ2n) is 6.58. The Labute approximate surface area is 177 Å². The highest BCUT2D eigenvalue weighted by molar-refractivity contribution is 6.30. The maximum Gasteiger partial charge on any atom is 0.218 e. The molecule has 4 rings (SSSR count). The molecule has 0 unspecified atom stereocenters. The SMILES string of the molecule is COc1cnc2[nH]cc(Cc3ccc(NCc4cc(F)cnc4OC)nc3Cl)c2c1. The normalized spacial score (nSPS) is 10.9. The van der Waals surface area contributed by atoms with Gasteiger partial charge in [0.15, 0.2) is 0 Å². The lowest BCUT2D eigenvalue weighted by molar-refractivity contribution is 0.391. The molecule has 0 radical (unpaired) electrons. The van der Waals surface area contributed by atoms with Crippen LogP contribution in [0.25, 0.3) is 11.0 Å². The van der Waals surface area contributed by atoms with Gasteiger partial charge in [0, 0.05) is 30.1 Å². The first-order valence-corrected chi connectivity index (χ1v) is 9.53. The Morgan fingerprint density at radius 3 is 2.70 bits per heavy atom. The molecule has 154 valence electrons. The first-order valence-electron chi connectivity index (χ1n) is 9.15. The minimum Gasteiger partial charge on any atom is -0.495 e. The van der Waals surface area contributed by atoms with Crippen LogP contribution in [-0.4, -0.2) is 34.2 Å². The average Bonchev–Trinajstić information content (AvgIpc) is 3.16. The summed E-state index contributed by atoms with van der Waals surface area (Å²) in [4.78, 5) is 15.8. The Balaban J connectivity index is 1.51. The van der Waals surface area contributed by atoms with Crippen LogP contribution in [0.3, 0.4) is 0 Å². The summed E-state index contributed by atoms with van der Waals surface area (Å²) in [5, 5.41) is 4.47. The lowest BCUT2D eigenvalue weighted by Crippen LogP contribution is -2.05. The third kappa shape index (κ3) is 4.13. The maximum absolute atomic E-state index is 13.5. The van der Waals surface area contributed by atoms with Gasteiger partial charge in [0.25, 0.3) is 0 Å². The molecule has 0 aromatic carbocycles. The maximum atomic E-state index is 13.5. The Kier molecular flexibility index (Phi) is 5.67. The largest absolute Gasteiger partial charge is 0.495 e. The predicted octanol–water partition coefficient (Wildman–Crippen LogP) is 4.37. The van der Waals surface area contributed by atoms with Gasteiger partial charge in [-0.3, -0.25) is 0 Å². The number of hydrogen-bond acceptors (Lipinski definition) is 6. The summed E-state index contributed by atoms with van der Waals surface area (Å²) in [5.41, 5.74) is 3.28. The number of pyridine rings is 3. The molecule has 0 atom stereocenters. The quantitative estimate of drug-likeness (QED) is 0.426. The number of halogens is 2. The Morgan fingerprint density at radius 1 is 1.07 bits per heavy atom. The number of nitrogens with one attached hydrogen (secondary N) is 2. The van der Waals surface area contributed by atoms with Crippen molar-refractivity contribution in [2.45, 2.75) is 13.0 Å². The minimum absolute atomic E-state index is 0.296. The molecule has 7 nitrogen and oxygen atoms in total. The van der Waals surface area contributed by atoms with Crippen LogP contribution in [0.1, 0.15) is 16.7 Å². The van der Waals surface area contributed by atoms with E-state index < -0.39 is 5.82 Å².